The van der Waals surface area contributed by atoms with Gasteiger partial charge in [0.1, 0.15) is 6.07 Å². The maximum Gasteiger partial charge on any atom is 0.253 e. The summed E-state index contributed by atoms with van der Waals surface area (Å²) in [6, 6.07) is 6.61. The van der Waals surface area contributed by atoms with Crippen molar-refractivity contribution in [1.82, 2.24) is 4.90 Å². The van der Waals surface area contributed by atoms with Crippen LogP contribution in [0.4, 0.5) is 5.69 Å². The zero-order valence-electron chi connectivity index (χ0n) is 8.11. The number of nitrogens with zero attached hydrogens (tertiary/aromatic N) is 2. The second-order valence-electron chi connectivity index (χ2n) is 3.11. The van der Waals surface area contributed by atoms with Gasteiger partial charge in [-0.1, -0.05) is 0 Å². The minimum Gasteiger partial charge on any atom is -0.398 e. The van der Waals surface area contributed by atoms with Crippen LogP contribution in [0.3, 0.4) is 0 Å². The van der Waals surface area contributed by atoms with Gasteiger partial charge in [0.05, 0.1) is 5.56 Å². The molecule has 0 aromatic heterocycles. The first kappa shape index (κ1) is 10.1. The monoisotopic (exact) mass is 189 g/mol. The second kappa shape index (κ2) is 3.79. The number of nitrogen functional groups attached to an aromatic ring is 1. The van der Waals surface area contributed by atoms with Gasteiger partial charge in [0.2, 0.25) is 0 Å². The molecule has 0 aliphatic rings. The van der Waals surface area contributed by atoms with Crippen molar-refractivity contribution in [1.29, 1.82) is 5.26 Å². The van der Waals surface area contributed by atoms with E-state index in [0.29, 0.717) is 16.8 Å². The summed E-state index contributed by atoms with van der Waals surface area (Å²) < 4.78 is 0. The van der Waals surface area contributed by atoms with E-state index in [0.717, 1.165) is 0 Å². The van der Waals surface area contributed by atoms with Gasteiger partial charge in [0, 0.05) is 25.3 Å². The number of carbonyl (C=O) groups excluding carboxylic acids is 1. The lowest BCUT2D eigenvalue weighted by Gasteiger charge is -2.10. The van der Waals surface area contributed by atoms with Gasteiger partial charge in [-0.3, -0.25) is 4.79 Å². The molecule has 14 heavy (non-hydrogen) atoms. The van der Waals surface area contributed by atoms with Crippen molar-refractivity contribution >= 4 is 11.6 Å². The van der Waals surface area contributed by atoms with Crippen molar-refractivity contribution in [3.05, 3.63) is 29.3 Å². The van der Waals surface area contributed by atoms with Crippen LogP contribution in [0.25, 0.3) is 0 Å². The number of rotatable bonds is 1. The van der Waals surface area contributed by atoms with Crippen molar-refractivity contribution in [3.63, 3.8) is 0 Å². The van der Waals surface area contributed by atoms with Gasteiger partial charge in [0.15, 0.2) is 0 Å². The molecule has 1 aromatic carbocycles. The van der Waals surface area contributed by atoms with E-state index in [9.17, 15) is 4.79 Å². The van der Waals surface area contributed by atoms with E-state index < -0.39 is 0 Å². The number of hydrogen-bond acceptors (Lipinski definition) is 3. The fraction of sp³-hybridized carbons (Fsp3) is 0.200. The van der Waals surface area contributed by atoms with Crippen LogP contribution in [0.1, 0.15) is 15.9 Å². The largest absolute Gasteiger partial charge is 0.398 e. The fourth-order valence-corrected chi connectivity index (χ4v) is 1.04. The third kappa shape index (κ3) is 1.83. The van der Waals surface area contributed by atoms with Gasteiger partial charge in [-0.15, -0.1) is 0 Å². The van der Waals surface area contributed by atoms with Gasteiger partial charge in [-0.25, -0.2) is 0 Å². The van der Waals surface area contributed by atoms with E-state index in [1.54, 1.807) is 26.2 Å². The van der Waals surface area contributed by atoms with E-state index in [4.69, 9.17) is 11.0 Å². The zero-order valence-corrected chi connectivity index (χ0v) is 8.11. The number of hydrogen-bond donors (Lipinski definition) is 1. The van der Waals surface area contributed by atoms with Crippen molar-refractivity contribution in [2.75, 3.05) is 19.8 Å². The summed E-state index contributed by atoms with van der Waals surface area (Å²) in [6.07, 6.45) is 0. The molecular weight excluding hydrogens is 178 g/mol. The first-order valence-corrected chi connectivity index (χ1v) is 4.07. The molecule has 4 heteroatoms. The lowest BCUT2D eigenvalue weighted by atomic mass is 10.1. The average molecular weight is 189 g/mol. The van der Waals surface area contributed by atoms with Crippen molar-refractivity contribution in [3.8, 4) is 6.07 Å². The quantitative estimate of drug-likeness (QED) is 0.665. The number of nitrogens with two attached hydrogens (primary N) is 1. The molecule has 1 aromatic rings. The highest BCUT2D eigenvalue weighted by Crippen LogP contribution is 2.13. The number of carbonyl (C=O) groups is 1. The molecule has 0 fully saturated rings. The third-order valence-electron chi connectivity index (χ3n) is 1.83. The summed E-state index contributed by atoms with van der Waals surface area (Å²) in [5.41, 5.74) is 6.72. The van der Waals surface area contributed by atoms with Gasteiger partial charge >= 0.3 is 0 Å². The highest BCUT2D eigenvalue weighted by atomic mass is 16.2. The third-order valence-corrected chi connectivity index (χ3v) is 1.83. The predicted octanol–water partition coefficient (Wildman–Crippen LogP) is 0.842. The molecular formula is C10H11N3O. The number of amides is 1. The summed E-state index contributed by atoms with van der Waals surface area (Å²) in [6.45, 7) is 0. The lowest BCUT2D eigenvalue weighted by Crippen LogP contribution is -2.21. The summed E-state index contributed by atoms with van der Waals surface area (Å²) in [4.78, 5) is 13.0. The van der Waals surface area contributed by atoms with Gasteiger partial charge in [-0.05, 0) is 18.2 Å². The minimum absolute atomic E-state index is 0.137. The standard InChI is InChI=1S/C10H11N3O/c1-13(2)10(14)7-3-4-9(12)8(5-7)6-11/h3-5H,12H2,1-2H3. The van der Waals surface area contributed by atoms with Crippen molar-refractivity contribution in [2.45, 2.75) is 0 Å². The highest BCUT2D eigenvalue weighted by molar-refractivity contribution is 5.94. The Morgan fingerprint density at radius 2 is 2.14 bits per heavy atom. The molecule has 4 nitrogen and oxygen atoms in total. The Balaban J connectivity index is 3.15. The molecule has 0 bridgehead atoms. The van der Waals surface area contributed by atoms with Crippen LogP contribution in [-0.2, 0) is 0 Å². The first-order valence-electron chi connectivity index (χ1n) is 4.07. The highest BCUT2D eigenvalue weighted by Gasteiger charge is 2.09. The molecule has 1 amide bonds. The van der Waals surface area contributed by atoms with Crippen LogP contribution < -0.4 is 5.73 Å². The summed E-state index contributed by atoms with van der Waals surface area (Å²) in [7, 11) is 3.31. The lowest BCUT2D eigenvalue weighted by molar-refractivity contribution is 0.0827. The maximum atomic E-state index is 11.5. The molecule has 0 heterocycles. The van der Waals surface area contributed by atoms with E-state index in [1.807, 2.05) is 6.07 Å². The topological polar surface area (TPSA) is 70.1 Å². The SMILES string of the molecule is CN(C)C(=O)c1ccc(N)c(C#N)c1. The Bertz CT molecular complexity index is 404. The molecule has 0 saturated heterocycles. The van der Waals surface area contributed by atoms with Crippen molar-refractivity contribution in [2.24, 2.45) is 0 Å². The van der Waals surface area contributed by atoms with Gasteiger partial charge < -0.3 is 10.6 Å². The Morgan fingerprint density at radius 1 is 1.50 bits per heavy atom. The zero-order chi connectivity index (χ0) is 10.7. The van der Waals surface area contributed by atoms with Crippen LogP contribution >= 0.6 is 0 Å². The molecule has 0 aliphatic carbocycles. The molecule has 0 atom stereocenters. The summed E-state index contributed by atoms with van der Waals surface area (Å²) in [5, 5.41) is 8.71. The number of benzene rings is 1. The molecule has 0 unspecified atom stereocenters. The molecule has 0 aliphatic heterocycles. The molecule has 0 spiro atoms. The normalized spacial score (nSPS) is 9.21. The average Bonchev–Trinajstić information content (AvgIpc) is 2.17. The predicted molar refractivity (Wildman–Crippen MR) is 53.6 cm³/mol. The molecule has 2 N–H and O–H groups in total. The second-order valence-corrected chi connectivity index (χ2v) is 3.11. The number of nitriles is 1. The summed E-state index contributed by atoms with van der Waals surface area (Å²) in [5.74, 6) is -0.137. The van der Waals surface area contributed by atoms with E-state index >= 15 is 0 Å². The molecule has 0 saturated carbocycles. The Labute approximate surface area is 82.5 Å². The van der Waals surface area contributed by atoms with E-state index in [1.165, 1.54) is 11.0 Å². The summed E-state index contributed by atoms with van der Waals surface area (Å²) >= 11 is 0. The fourth-order valence-electron chi connectivity index (χ4n) is 1.04. The van der Waals surface area contributed by atoms with Crippen molar-refractivity contribution < 1.29 is 4.79 Å². The van der Waals surface area contributed by atoms with Gasteiger partial charge in [-0.2, -0.15) is 5.26 Å². The first-order chi connectivity index (χ1) is 6.56. The van der Waals surface area contributed by atoms with Gasteiger partial charge in [0.25, 0.3) is 5.91 Å². The number of anilines is 1. The van der Waals surface area contributed by atoms with Crippen LogP contribution in [0.15, 0.2) is 18.2 Å². The Kier molecular flexibility index (Phi) is 2.73. The van der Waals surface area contributed by atoms with Crippen LogP contribution in [0.2, 0.25) is 0 Å². The minimum atomic E-state index is -0.137. The van der Waals surface area contributed by atoms with Crippen LogP contribution in [0.5, 0.6) is 0 Å². The smallest absolute Gasteiger partial charge is 0.253 e. The van der Waals surface area contributed by atoms with E-state index in [2.05, 4.69) is 0 Å². The van der Waals surface area contributed by atoms with Crippen LogP contribution in [-0.4, -0.2) is 24.9 Å². The molecule has 72 valence electrons. The Hall–Kier alpha value is -2.02. The van der Waals surface area contributed by atoms with E-state index in [-0.39, 0.29) is 5.91 Å². The molecule has 0 radical (unpaired) electrons. The Morgan fingerprint density at radius 3 is 2.64 bits per heavy atom. The van der Waals surface area contributed by atoms with Crippen LogP contribution in [0, 0.1) is 11.3 Å². The maximum absolute atomic E-state index is 11.5. The molecule has 1 rings (SSSR count).